The number of hydrogen-bond acceptors (Lipinski definition) is 8. The van der Waals surface area contributed by atoms with Crippen LogP contribution in [0, 0.1) is 17.5 Å². The number of rotatable bonds is 6. The molecule has 244 valence electrons. The molecule has 1 unspecified atom stereocenters. The summed E-state index contributed by atoms with van der Waals surface area (Å²) in [6.07, 6.45) is 1.31. The Kier molecular flexibility index (Phi) is 7.72. The van der Waals surface area contributed by atoms with Gasteiger partial charge < -0.3 is 25.2 Å². The average molecular weight is 640 g/mol. The first-order valence-corrected chi connectivity index (χ1v) is 15.8. The van der Waals surface area contributed by atoms with Crippen LogP contribution in [0.4, 0.5) is 29.1 Å². The van der Waals surface area contributed by atoms with Gasteiger partial charge in [0, 0.05) is 30.6 Å². The first-order valence-electron chi connectivity index (χ1n) is 15.8. The number of β-amino-alcohol motifs (C(OH)–C–C–N with tert-alkyl or cyclic N) is 1. The second-order valence-corrected chi connectivity index (χ2v) is 13.2. The molecule has 12 heteroatoms. The van der Waals surface area contributed by atoms with Crippen molar-refractivity contribution in [3.05, 3.63) is 53.3 Å². The first-order chi connectivity index (χ1) is 22.0. The van der Waals surface area contributed by atoms with Gasteiger partial charge in [0.15, 0.2) is 5.82 Å². The maximum Gasteiger partial charge on any atom is 0.319 e. The van der Waals surface area contributed by atoms with Crippen molar-refractivity contribution in [1.29, 1.82) is 0 Å². The Balaban J connectivity index is 1.42. The van der Waals surface area contributed by atoms with Gasteiger partial charge in [-0.1, -0.05) is 13.0 Å². The molecule has 0 spiro atoms. The number of halogens is 4. The second-order valence-electron chi connectivity index (χ2n) is 13.2. The van der Waals surface area contributed by atoms with Gasteiger partial charge in [-0.2, -0.15) is 9.97 Å². The highest BCUT2D eigenvalue weighted by Gasteiger charge is 2.49. The van der Waals surface area contributed by atoms with E-state index in [1.807, 2.05) is 0 Å². The Bertz CT molecular complexity index is 1840. The third-order valence-electron chi connectivity index (χ3n) is 9.64. The monoisotopic (exact) mass is 639 g/mol. The van der Waals surface area contributed by atoms with Crippen molar-refractivity contribution < 1.29 is 32.1 Å². The minimum atomic E-state index is -1.27. The van der Waals surface area contributed by atoms with E-state index in [4.69, 9.17) is 15.2 Å². The molecule has 7 rings (SSSR count). The number of benzene rings is 3. The summed E-state index contributed by atoms with van der Waals surface area (Å²) in [7, 11) is 0. The Labute approximate surface area is 264 Å². The van der Waals surface area contributed by atoms with Gasteiger partial charge in [0.1, 0.15) is 41.3 Å². The Morgan fingerprint density at radius 3 is 2.76 bits per heavy atom. The standard InChI is InChI=1S/C34H37F4N5O3/c1-3-22-25(36)6-5-19-11-21(39)12-23(27(19)22)28-26(37)13-24-30(29(28)38)40-32(41-31(24)42-9-10-45-17-33(2,44)16-42)46-18-34-7-4-8-43(34)15-20(35)14-34/h5-6,11-13,20,44H,3-4,7-10,14-18,39H2,1-2H3/t20-,33?,34+/m1/s1. The molecular weight excluding hydrogens is 602 g/mol. The predicted molar refractivity (Wildman–Crippen MR) is 168 cm³/mol. The van der Waals surface area contributed by atoms with Crippen LogP contribution < -0.4 is 15.4 Å². The molecule has 1 aromatic heterocycles. The number of fused-ring (bicyclic) bond motifs is 3. The normalized spacial score (nSPS) is 25.4. The van der Waals surface area contributed by atoms with Crippen molar-refractivity contribution in [1.82, 2.24) is 14.9 Å². The van der Waals surface area contributed by atoms with Crippen molar-refractivity contribution in [2.45, 2.75) is 56.8 Å². The van der Waals surface area contributed by atoms with E-state index in [2.05, 4.69) is 14.9 Å². The molecule has 0 saturated carbocycles. The summed E-state index contributed by atoms with van der Waals surface area (Å²) in [5.41, 5.74) is 4.49. The maximum absolute atomic E-state index is 16.9. The Morgan fingerprint density at radius 2 is 1.96 bits per heavy atom. The van der Waals surface area contributed by atoms with Crippen LogP contribution in [-0.2, 0) is 11.2 Å². The fourth-order valence-electron chi connectivity index (χ4n) is 7.63. The number of nitrogens with two attached hydrogens (primary N) is 1. The Morgan fingerprint density at radius 1 is 1.13 bits per heavy atom. The summed E-state index contributed by atoms with van der Waals surface area (Å²) in [5, 5.41) is 11.9. The molecule has 3 aliphatic rings. The molecular formula is C34H37F4N5O3. The molecule has 3 atom stereocenters. The molecule has 3 saturated heterocycles. The lowest BCUT2D eigenvalue weighted by molar-refractivity contribution is -0.0123. The number of ether oxygens (including phenoxy) is 2. The number of nitrogen functional groups attached to an aromatic ring is 1. The fraction of sp³-hybridized carbons (Fsp3) is 0.471. The number of aryl methyl sites for hydroxylation is 1. The van der Waals surface area contributed by atoms with Gasteiger partial charge >= 0.3 is 6.01 Å². The molecule has 3 fully saturated rings. The van der Waals surface area contributed by atoms with Crippen LogP contribution in [0.15, 0.2) is 30.3 Å². The van der Waals surface area contributed by atoms with Crippen LogP contribution in [0.2, 0.25) is 0 Å². The van der Waals surface area contributed by atoms with Gasteiger partial charge in [0.2, 0.25) is 0 Å². The van der Waals surface area contributed by atoms with E-state index in [-0.39, 0.29) is 73.3 Å². The van der Waals surface area contributed by atoms with E-state index in [9.17, 15) is 13.9 Å². The molecule has 8 nitrogen and oxygen atoms in total. The predicted octanol–water partition coefficient (Wildman–Crippen LogP) is 5.55. The fourth-order valence-corrected chi connectivity index (χ4v) is 7.63. The zero-order chi connectivity index (χ0) is 32.4. The molecule has 46 heavy (non-hydrogen) atoms. The third kappa shape index (κ3) is 5.29. The second kappa shape index (κ2) is 11.5. The average Bonchev–Trinajstić information content (AvgIpc) is 3.46. The molecule has 0 bridgehead atoms. The van der Waals surface area contributed by atoms with Gasteiger partial charge in [-0.3, -0.25) is 4.90 Å². The number of aromatic nitrogens is 2. The van der Waals surface area contributed by atoms with E-state index in [0.717, 1.165) is 25.5 Å². The molecule has 0 radical (unpaired) electrons. The van der Waals surface area contributed by atoms with Gasteiger partial charge in [-0.25, -0.2) is 17.6 Å². The van der Waals surface area contributed by atoms with Crippen molar-refractivity contribution in [3.8, 4) is 17.1 Å². The van der Waals surface area contributed by atoms with Gasteiger partial charge in [0.05, 0.1) is 30.9 Å². The number of nitrogens with zero attached hydrogens (tertiary/aromatic N) is 4. The third-order valence-corrected chi connectivity index (χ3v) is 9.64. The van der Waals surface area contributed by atoms with Crippen LogP contribution in [0.1, 0.15) is 38.7 Å². The molecule has 3 N–H and O–H groups in total. The number of hydrogen-bond donors (Lipinski definition) is 2. The van der Waals surface area contributed by atoms with E-state index in [1.165, 1.54) is 18.2 Å². The quantitative estimate of drug-likeness (QED) is 0.209. The van der Waals surface area contributed by atoms with Crippen LogP contribution in [0.3, 0.4) is 0 Å². The first kappa shape index (κ1) is 30.9. The highest BCUT2D eigenvalue weighted by atomic mass is 19.1. The summed E-state index contributed by atoms with van der Waals surface area (Å²) in [6.45, 7) is 5.27. The summed E-state index contributed by atoms with van der Waals surface area (Å²) in [5.74, 6) is -2.20. The highest BCUT2D eigenvalue weighted by Crippen LogP contribution is 2.43. The minimum Gasteiger partial charge on any atom is -0.461 e. The van der Waals surface area contributed by atoms with Crippen molar-refractivity contribution in [2.75, 3.05) is 56.6 Å². The van der Waals surface area contributed by atoms with Crippen molar-refractivity contribution in [2.24, 2.45) is 0 Å². The van der Waals surface area contributed by atoms with Gasteiger partial charge in [-0.15, -0.1) is 0 Å². The largest absolute Gasteiger partial charge is 0.461 e. The van der Waals surface area contributed by atoms with Crippen LogP contribution in [-0.4, -0.2) is 83.3 Å². The van der Waals surface area contributed by atoms with E-state index < -0.39 is 40.3 Å². The van der Waals surface area contributed by atoms with Crippen LogP contribution in [0.25, 0.3) is 32.8 Å². The molecule has 4 heterocycles. The van der Waals surface area contributed by atoms with E-state index in [1.54, 1.807) is 24.8 Å². The summed E-state index contributed by atoms with van der Waals surface area (Å²) < 4.78 is 74.4. The van der Waals surface area contributed by atoms with Gasteiger partial charge in [0.25, 0.3) is 0 Å². The smallest absolute Gasteiger partial charge is 0.319 e. The zero-order valence-electron chi connectivity index (χ0n) is 25.9. The molecule has 3 aliphatic heterocycles. The van der Waals surface area contributed by atoms with Crippen LogP contribution >= 0.6 is 0 Å². The topological polar surface area (TPSA) is 97.0 Å². The van der Waals surface area contributed by atoms with Crippen molar-refractivity contribution in [3.63, 3.8) is 0 Å². The molecule has 0 amide bonds. The van der Waals surface area contributed by atoms with Gasteiger partial charge in [-0.05, 0) is 78.9 Å². The molecule has 4 aromatic rings. The molecule has 3 aromatic carbocycles. The lowest BCUT2D eigenvalue weighted by atomic mass is 9.91. The molecule has 0 aliphatic carbocycles. The summed E-state index contributed by atoms with van der Waals surface area (Å²) in [4.78, 5) is 12.9. The summed E-state index contributed by atoms with van der Waals surface area (Å²) in [6, 6.07) is 6.96. The lowest BCUT2D eigenvalue weighted by Gasteiger charge is -2.31. The zero-order valence-corrected chi connectivity index (χ0v) is 25.9. The van der Waals surface area contributed by atoms with Crippen molar-refractivity contribution >= 4 is 33.2 Å². The van der Waals surface area contributed by atoms with E-state index >= 15 is 8.78 Å². The number of alkyl halides is 1. The lowest BCUT2D eigenvalue weighted by Crippen LogP contribution is -2.44. The number of aliphatic hydroxyl groups is 1. The minimum absolute atomic E-state index is 0.0732. The highest BCUT2D eigenvalue weighted by molar-refractivity contribution is 6.04. The maximum atomic E-state index is 16.9. The summed E-state index contributed by atoms with van der Waals surface area (Å²) >= 11 is 0. The number of anilines is 2. The van der Waals surface area contributed by atoms with Crippen LogP contribution in [0.5, 0.6) is 6.01 Å². The van der Waals surface area contributed by atoms with E-state index in [0.29, 0.717) is 29.3 Å². The Hall–Kier alpha value is -3.74. The SMILES string of the molecule is CCc1c(F)ccc2cc(N)cc(-c3c(F)cc4c(N5CCOCC(C)(O)C5)nc(OC[C@@]56CCCN5C[C@H](F)C6)nc4c3F)c12.